The zero-order valence-corrected chi connectivity index (χ0v) is 10.6. The Hall–Kier alpha value is -1.85. The molecule has 0 fully saturated rings. The second kappa shape index (κ2) is 6.18. The van der Waals surface area contributed by atoms with Gasteiger partial charge in [0.1, 0.15) is 5.75 Å². The zero-order valence-electron chi connectivity index (χ0n) is 9.82. The van der Waals surface area contributed by atoms with Gasteiger partial charge in [0, 0.05) is 0 Å². The average molecular weight is 266 g/mol. The maximum Gasteiger partial charge on any atom is 0.294 e. The summed E-state index contributed by atoms with van der Waals surface area (Å²) >= 11 is 0. The highest BCUT2D eigenvalue weighted by molar-refractivity contribution is 7.85. The van der Waals surface area contributed by atoms with E-state index in [1.54, 1.807) is 30.3 Å². The molecule has 2 aromatic rings. The minimum Gasteiger partial charge on any atom is -0.508 e. The predicted molar refractivity (Wildman–Crippen MR) is 69.1 cm³/mol. The summed E-state index contributed by atoms with van der Waals surface area (Å²) in [5.74, 6) is 0.338. The van der Waals surface area contributed by atoms with Crippen molar-refractivity contribution < 1.29 is 18.1 Å². The van der Waals surface area contributed by atoms with Crippen molar-refractivity contribution in [3.63, 3.8) is 0 Å². The van der Waals surface area contributed by atoms with Crippen molar-refractivity contribution in [1.82, 2.24) is 0 Å². The number of hydrogen-bond donors (Lipinski definition) is 2. The summed E-state index contributed by atoms with van der Waals surface area (Å²) in [7, 11) is -4.00. The Bertz CT molecular complexity index is 574. The molecule has 2 aromatic carbocycles. The topological polar surface area (TPSA) is 74.6 Å². The maximum atomic E-state index is 10.4. The van der Waals surface area contributed by atoms with E-state index in [0.717, 1.165) is 5.56 Å². The molecule has 18 heavy (non-hydrogen) atoms. The number of phenols is 1. The molecule has 2 rings (SSSR count). The van der Waals surface area contributed by atoms with Crippen molar-refractivity contribution >= 4 is 10.1 Å². The highest BCUT2D eigenvalue weighted by Crippen LogP contribution is 2.08. The summed E-state index contributed by atoms with van der Waals surface area (Å²) < 4.78 is 29.2. The number of aromatic hydroxyl groups is 1. The first-order chi connectivity index (χ1) is 8.39. The standard InChI is InChI=1S/C7H8O.C6H6O3S/c1-6-3-2-4-7(8)5-6;7-10(8,9)6-4-2-1-3-5-6/h2-5,8H,1H3;1-5H,(H,7,8,9). The minimum absolute atomic E-state index is 0.0741. The zero-order chi connectivity index (χ0) is 13.6. The third-order valence-electron chi connectivity index (χ3n) is 2.04. The van der Waals surface area contributed by atoms with Crippen LogP contribution in [0, 0.1) is 6.92 Å². The summed E-state index contributed by atoms with van der Waals surface area (Å²) in [5.41, 5.74) is 1.09. The lowest BCUT2D eigenvalue weighted by molar-refractivity contribution is 0.475. The van der Waals surface area contributed by atoms with Crippen LogP contribution in [0.1, 0.15) is 5.56 Å². The fourth-order valence-corrected chi connectivity index (χ4v) is 1.72. The molecular weight excluding hydrogens is 252 g/mol. The molecule has 0 aliphatic carbocycles. The van der Waals surface area contributed by atoms with Crippen molar-refractivity contribution in [2.45, 2.75) is 11.8 Å². The summed E-state index contributed by atoms with van der Waals surface area (Å²) in [5, 5.41) is 8.81. The van der Waals surface area contributed by atoms with Gasteiger partial charge in [0.2, 0.25) is 0 Å². The van der Waals surface area contributed by atoms with E-state index in [0.29, 0.717) is 5.75 Å². The monoisotopic (exact) mass is 266 g/mol. The highest BCUT2D eigenvalue weighted by atomic mass is 32.2. The molecule has 0 bridgehead atoms. The molecule has 0 aliphatic heterocycles. The fourth-order valence-electron chi connectivity index (χ4n) is 1.22. The molecule has 96 valence electrons. The van der Waals surface area contributed by atoms with Crippen molar-refractivity contribution in [3.05, 3.63) is 60.2 Å². The first-order valence-corrected chi connectivity index (χ1v) is 6.62. The van der Waals surface area contributed by atoms with E-state index in [4.69, 9.17) is 9.66 Å². The van der Waals surface area contributed by atoms with Gasteiger partial charge in [-0.15, -0.1) is 0 Å². The quantitative estimate of drug-likeness (QED) is 0.778. The third-order valence-corrected chi connectivity index (χ3v) is 2.91. The van der Waals surface area contributed by atoms with Crippen LogP contribution in [0.3, 0.4) is 0 Å². The molecule has 5 heteroatoms. The van der Waals surface area contributed by atoms with Crippen molar-refractivity contribution in [1.29, 1.82) is 0 Å². The SMILES string of the molecule is Cc1cccc(O)c1.O=S(=O)(O)c1ccccc1. The average Bonchev–Trinajstić information content (AvgIpc) is 2.29. The van der Waals surface area contributed by atoms with E-state index in [-0.39, 0.29) is 4.90 Å². The van der Waals surface area contributed by atoms with E-state index < -0.39 is 10.1 Å². The van der Waals surface area contributed by atoms with Gasteiger partial charge >= 0.3 is 0 Å². The lowest BCUT2D eigenvalue weighted by Crippen LogP contribution is -1.96. The highest BCUT2D eigenvalue weighted by Gasteiger charge is 2.05. The van der Waals surface area contributed by atoms with Gasteiger partial charge in [0.05, 0.1) is 4.90 Å². The second-order valence-electron chi connectivity index (χ2n) is 3.63. The predicted octanol–water partition coefficient (Wildman–Crippen LogP) is 2.63. The first kappa shape index (κ1) is 14.2. The van der Waals surface area contributed by atoms with Crippen LogP contribution in [0.15, 0.2) is 59.5 Å². The van der Waals surface area contributed by atoms with Gasteiger partial charge in [0.15, 0.2) is 0 Å². The molecular formula is C13H14O4S. The van der Waals surface area contributed by atoms with Gasteiger partial charge in [-0.25, -0.2) is 0 Å². The van der Waals surface area contributed by atoms with E-state index >= 15 is 0 Å². The first-order valence-electron chi connectivity index (χ1n) is 5.18. The summed E-state index contributed by atoms with van der Waals surface area (Å²) in [6, 6.07) is 14.6. The third kappa shape index (κ3) is 4.99. The molecule has 0 amide bonds. The molecule has 0 aliphatic rings. The molecule has 0 unspecified atom stereocenters. The summed E-state index contributed by atoms with van der Waals surface area (Å²) in [6.07, 6.45) is 0. The lowest BCUT2D eigenvalue weighted by atomic mass is 10.2. The van der Waals surface area contributed by atoms with E-state index in [9.17, 15) is 8.42 Å². The smallest absolute Gasteiger partial charge is 0.294 e. The molecule has 0 saturated carbocycles. The van der Waals surface area contributed by atoms with Crippen molar-refractivity contribution in [2.24, 2.45) is 0 Å². The molecule has 4 nitrogen and oxygen atoms in total. The minimum atomic E-state index is -4.00. The molecule has 0 atom stereocenters. The normalized spacial score (nSPS) is 10.3. The van der Waals surface area contributed by atoms with Crippen LogP contribution in [0.5, 0.6) is 5.75 Å². The van der Waals surface area contributed by atoms with Gasteiger partial charge in [-0.05, 0) is 36.8 Å². The largest absolute Gasteiger partial charge is 0.508 e. The van der Waals surface area contributed by atoms with Crippen LogP contribution < -0.4 is 0 Å². The van der Waals surface area contributed by atoms with Gasteiger partial charge < -0.3 is 5.11 Å². The van der Waals surface area contributed by atoms with E-state index in [2.05, 4.69) is 0 Å². The Labute approximate surface area is 106 Å². The van der Waals surface area contributed by atoms with Crippen LogP contribution >= 0.6 is 0 Å². The lowest BCUT2D eigenvalue weighted by Gasteiger charge is -1.92. The van der Waals surface area contributed by atoms with Crippen LogP contribution in [-0.2, 0) is 10.1 Å². The van der Waals surface area contributed by atoms with Crippen LogP contribution in [-0.4, -0.2) is 18.1 Å². The van der Waals surface area contributed by atoms with Gasteiger partial charge in [-0.2, -0.15) is 8.42 Å². The number of rotatable bonds is 1. The fraction of sp³-hybridized carbons (Fsp3) is 0.0769. The second-order valence-corrected chi connectivity index (χ2v) is 5.05. The Morgan fingerprint density at radius 1 is 0.944 bits per heavy atom. The van der Waals surface area contributed by atoms with E-state index in [1.165, 1.54) is 12.1 Å². The van der Waals surface area contributed by atoms with Crippen molar-refractivity contribution in [3.8, 4) is 5.75 Å². The Morgan fingerprint density at radius 3 is 1.89 bits per heavy atom. The van der Waals surface area contributed by atoms with Crippen molar-refractivity contribution in [2.75, 3.05) is 0 Å². The van der Waals surface area contributed by atoms with Gasteiger partial charge in [0.25, 0.3) is 10.1 Å². The number of phenolic OH excluding ortho intramolecular Hbond substituents is 1. The van der Waals surface area contributed by atoms with Gasteiger partial charge in [-0.3, -0.25) is 4.55 Å². The number of benzene rings is 2. The molecule has 0 radical (unpaired) electrons. The van der Waals surface area contributed by atoms with Crippen LogP contribution in [0.2, 0.25) is 0 Å². The molecule has 2 N–H and O–H groups in total. The summed E-state index contributed by atoms with van der Waals surface area (Å²) in [4.78, 5) is -0.0741. The Morgan fingerprint density at radius 2 is 1.56 bits per heavy atom. The summed E-state index contributed by atoms with van der Waals surface area (Å²) in [6.45, 7) is 1.94. The Balaban J connectivity index is 0.000000184. The number of aryl methyl sites for hydroxylation is 1. The Kier molecular flexibility index (Phi) is 4.88. The number of hydrogen-bond acceptors (Lipinski definition) is 3. The van der Waals surface area contributed by atoms with E-state index in [1.807, 2.05) is 19.1 Å². The maximum absolute atomic E-state index is 10.4. The van der Waals surface area contributed by atoms with Crippen LogP contribution in [0.4, 0.5) is 0 Å². The van der Waals surface area contributed by atoms with Crippen LogP contribution in [0.25, 0.3) is 0 Å². The molecule has 0 spiro atoms. The molecule has 0 heterocycles. The molecule has 0 saturated heterocycles. The van der Waals surface area contributed by atoms with Gasteiger partial charge in [-0.1, -0.05) is 30.3 Å². The molecule has 0 aromatic heterocycles.